The van der Waals surface area contributed by atoms with Gasteiger partial charge in [0.15, 0.2) is 5.16 Å². The number of rotatable bonds is 7. The Labute approximate surface area is 162 Å². The van der Waals surface area contributed by atoms with E-state index < -0.39 is 0 Å². The second kappa shape index (κ2) is 8.18. The van der Waals surface area contributed by atoms with Gasteiger partial charge in [0.25, 0.3) is 0 Å². The second-order valence-electron chi connectivity index (χ2n) is 6.51. The largest absolute Gasteiger partial charge is 0.497 e. The fourth-order valence-electron chi connectivity index (χ4n) is 3.30. The predicted octanol–water partition coefficient (Wildman–Crippen LogP) is 1.83. The van der Waals surface area contributed by atoms with Crippen molar-refractivity contribution >= 4 is 29.3 Å². The lowest BCUT2D eigenvalue weighted by Gasteiger charge is -2.15. The molecule has 27 heavy (non-hydrogen) atoms. The highest BCUT2D eigenvalue weighted by atomic mass is 32.2. The number of hydrogen-bond donors (Lipinski definition) is 1. The smallest absolute Gasteiger partial charge is 0.232 e. The van der Waals surface area contributed by atoms with Crippen molar-refractivity contribution in [1.29, 1.82) is 0 Å². The number of nitrogens with one attached hydrogen (secondary N) is 1. The summed E-state index contributed by atoms with van der Waals surface area (Å²) in [7, 11) is 1.65. The molecule has 8 nitrogen and oxygen atoms in total. The number of aromatic nitrogens is 3. The molecule has 1 unspecified atom stereocenters. The van der Waals surface area contributed by atoms with Gasteiger partial charge in [-0.05, 0) is 37.1 Å². The summed E-state index contributed by atoms with van der Waals surface area (Å²) in [4.78, 5) is 14.2. The van der Waals surface area contributed by atoms with Gasteiger partial charge >= 0.3 is 0 Å². The molecule has 2 aromatic rings. The molecule has 0 aliphatic carbocycles. The molecule has 0 saturated carbocycles. The molecule has 0 bridgehead atoms. The third kappa shape index (κ3) is 4.03. The lowest BCUT2D eigenvalue weighted by molar-refractivity contribution is -0.119. The van der Waals surface area contributed by atoms with E-state index in [9.17, 15) is 4.79 Å². The molecule has 1 atom stereocenters. The first-order valence-electron chi connectivity index (χ1n) is 9.10. The number of anilines is 2. The maximum atomic E-state index is 12.1. The highest BCUT2D eigenvalue weighted by Gasteiger charge is 2.26. The van der Waals surface area contributed by atoms with Crippen molar-refractivity contribution in [3.8, 4) is 5.75 Å². The summed E-state index contributed by atoms with van der Waals surface area (Å²) >= 11 is 1.42. The van der Waals surface area contributed by atoms with Gasteiger partial charge in [-0.1, -0.05) is 11.8 Å². The molecule has 1 N–H and O–H groups in total. The number of ether oxygens (including phenoxy) is 2. The molecule has 1 saturated heterocycles. The molecule has 2 aliphatic rings. The second-order valence-corrected chi connectivity index (χ2v) is 7.45. The SMILES string of the molecule is COc1ccc(N2CCn3c(SCC(=O)NCC4CCCO4)nnc32)cc1. The Kier molecular flexibility index (Phi) is 5.49. The molecule has 1 aromatic carbocycles. The highest BCUT2D eigenvalue weighted by Crippen LogP contribution is 2.32. The van der Waals surface area contributed by atoms with Crippen molar-refractivity contribution in [3.05, 3.63) is 24.3 Å². The van der Waals surface area contributed by atoms with E-state index in [2.05, 4.69) is 25.0 Å². The number of amides is 1. The zero-order valence-corrected chi connectivity index (χ0v) is 16.1. The maximum absolute atomic E-state index is 12.1. The van der Waals surface area contributed by atoms with Gasteiger partial charge in [0.05, 0.1) is 19.0 Å². The van der Waals surface area contributed by atoms with Crippen molar-refractivity contribution in [1.82, 2.24) is 20.1 Å². The lowest BCUT2D eigenvalue weighted by atomic mass is 10.2. The molecular weight excluding hydrogens is 366 g/mol. The first-order valence-corrected chi connectivity index (χ1v) is 10.1. The van der Waals surface area contributed by atoms with Gasteiger partial charge in [-0.2, -0.15) is 0 Å². The van der Waals surface area contributed by atoms with Gasteiger partial charge in [0.1, 0.15) is 5.75 Å². The van der Waals surface area contributed by atoms with Gasteiger partial charge in [-0.15, -0.1) is 10.2 Å². The Morgan fingerprint density at radius 1 is 1.33 bits per heavy atom. The topological polar surface area (TPSA) is 81.5 Å². The molecule has 0 spiro atoms. The summed E-state index contributed by atoms with van der Waals surface area (Å²) in [6.07, 6.45) is 2.26. The maximum Gasteiger partial charge on any atom is 0.232 e. The summed E-state index contributed by atoms with van der Waals surface area (Å²) in [5.41, 5.74) is 1.05. The van der Waals surface area contributed by atoms with Crippen LogP contribution in [0.5, 0.6) is 5.75 Å². The van der Waals surface area contributed by atoms with Gasteiger partial charge in [0.2, 0.25) is 11.9 Å². The first kappa shape index (κ1) is 18.1. The number of hydrogen-bond acceptors (Lipinski definition) is 7. The van der Waals surface area contributed by atoms with E-state index >= 15 is 0 Å². The highest BCUT2D eigenvalue weighted by molar-refractivity contribution is 7.99. The molecule has 3 heterocycles. The fourth-order valence-corrected chi connectivity index (χ4v) is 4.09. The van der Waals surface area contributed by atoms with Crippen LogP contribution in [-0.4, -0.2) is 59.3 Å². The van der Waals surface area contributed by atoms with Crippen LogP contribution in [0, 0.1) is 0 Å². The third-order valence-corrected chi connectivity index (χ3v) is 5.72. The van der Waals surface area contributed by atoms with Crippen LogP contribution >= 0.6 is 11.8 Å². The Hall–Kier alpha value is -2.26. The summed E-state index contributed by atoms with van der Waals surface area (Å²) in [5.74, 6) is 1.96. The van der Waals surface area contributed by atoms with E-state index in [0.717, 1.165) is 55.1 Å². The number of carbonyl (C=O) groups excluding carboxylic acids is 1. The minimum atomic E-state index is -0.00198. The van der Waals surface area contributed by atoms with Crippen LogP contribution < -0.4 is 15.0 Å². The molecule has 9 heteroatoms. The number of fused-ring (bicyclic) bond motifs is 1. The molecular formula is C18H23N5O3S. The van der Waals surface area contributed by atoms with E-state index in [0.29, 0.717) is 12.3 Å². The Bertz CT molecular complexity index is 789. The number of benzene rings is 1. The van der Waals surface area contributed by atoms with Crippen molar-refractivity contribution in [2.75, 3.05) is 37.5 Å². The normalized spacial score (nSPS) is 18.6. The molecule has 4 rings (SSSR count). The third-order valence-electron chi connectivity index (χ3n) is 4.75. The van der Waals surface area contributed by atoms with Gasteiger partial charge in [0, 0.05) is 31.9 Å². The number of thioether (sulfide) groups is 1. The van der Waals surface area contributed by atoms with Crippen LogP contribution in [0.25, 0.3) is 0 Å². The van der Waals surface area contributed by atoms with Crippen molar-refractivity contribution in [2.24, 2.45) is 0 Å². The van der Waals surface area contributed by atoms with E-state index in [1.165, 1.54) is 11.8 Å². The van der Waals surface area contributed by atoms with Crippen molar-refractivity contribution < 1.29 is 14.3 Å². The fraction of sp³-hybridized carbons (Fsp3) is 0.500. The van der Waals surface area contributed by atoms with E-state index in [1.807, 2.05) is 24.3 Å². The van der Waals surface area contributed by atoms with Gasteiger partial charge in [-0.3, -0.25) is 9.36 Å². The minimum Gasteiger partial charge on any atom is -0.497 e. The van der Waals surface area contributed by atoms with E-state index in [-0.39, 0.29) is 12.0 Å². The Morgan fingerprint density at radius 3 is 2.93 bits per heavy atom. The molecule has 1 amide bonds. The van der Waals surface area contributed by atoms with Crippen molar-refractivity contribution in [3.63, 3.8) is 0 Å². The standard InChI is InChI=1S/C18H23N5O3S/c1-25-14-6-4-13(5-7-14)22-8-9-23-17(22)20-21-18(23)27-12-16(24)19-11-15-3-2-10-26-15/h4-7,15H,2-3,8-12H2,1H3,(H,19,24). The number of carbonyl (C=O) groups is 1. The summed E-state index contributed by atoms with van der Waals surface area (Å²) in [5, 5.41) is 12.3. The number of methoxy groups -OCH3 is 1. The average molecular weight is 389 g/mol. The molecule has 0 radical (unpaired) electrons. The average Bonchev–Trinajstić information content (AvgIpc) is 3.43. The Morgan fingerprint density at radius 2 is 2.19 bits per heavy atom. The zero-order chi connectivity index (χ0) is 18.6. The lowest BCUT2D eigenvalue weighted by Crippen LogP contribution is -2.32. The van der Waals surface area contributed by atoms with Crippen LogP contribution in [0.1, 0.15) is 12.8 Å². The van der Waals surface area contributed by atoms with Crippen LogP contribution in [0.15, 0.2) is 29.4 Å². The minimum absolute atomic E-state index is 0.00198. The quantitative estimate of drug-likeness (QED) is 0.724. The van der Waals surface area contributed by atoms with Gasteiger partial charge in [-0.25, -0.2) is 0 Å². The summed E-state index contributed by atoms with van der Waals surface area (Å²) < 4.78 is 12.8. The predicted molar refractivity (Wildman–Crippen MR) is 103 cm³/mol. The summed E-state index contributed by atoms with van der Waals surface area (Å²) in [6, 6.07) is 7.88. The molecule has 1 aromatic heterocycles. The van der Waals surface area contributed by atoms with E-state index in [4.69, 9.17) is 9.47 Å². The zero-order valence-electron chi connectivity index (χ0n) is 15.3. The van der Waals surface area contributed by atoms with Gasteiger partial charge < -0.3 is 19.7 Å². The summed E-state index contributed by atoms with van der Waals surface area (Å²) in [6.45, 7) is 3.01. The van der Waals surface area contributed by atoms with Crippen molar-refractivity contribution in [2.45, 2.75) is 30.6 Å². The van der Waals surface area contributed by atoms with Crippen LogP contribution in [0.4, 0.5) is 11.6 Å². The van der Waals surface area contributed by atoms with E-state index in [1.54, 1.807) is 7.11 Å². The van der Waals surface area contributed by atoms with Crippen LogP contribution in [-0.2, 0) is 16.1 Å². The Balaban J connectivity index is 1.34. The monoisotopic (exact) mass is 389 g/mol. The molecule has 2 aliphatic heterocycles. The number of nitrogens with zero attached hydrogens (tertiary/aromatic N) is 4. The molecule has 1 fully saturated rings. The first-order chi connectivity index (χ1) is 13.2. The molecule has 144 valence electrons. The van der Waals surface area contributed by atoms with Crippen LogP contribution in [0.2, 0.25) is 0 Å². The van der Waals surface area contributed by atoms with Crippen LogP contribution in [0.3, 0.4) is 0 Å².